The minimum absolute atomic E-state index is 0.280. The van der Waals surface area contributed by atoms with Gasteiger partial charge < -0.3 is 5.11 Å². The second-order valence-electron chi connectivity index (χ2n) is 2.08. The Morgan fingerprint density at radius 2 is 2.33 bits per heavy atom. The lowest BCUT2D eigenvalue weighted by Gasteiger charge is -1.94. The Bertz CT molecular complexity index is 103. The molecule has 0 aromatic rings. The van der Waals surface area contributed by atoms with E-state index >= 15 is 0 Å². The van der Waals surface area contributed by atoms with Gasteiger partial charge in [-0.1, -0.05) is 24.3 Å². The van der Waals surface area contributed by atoms with Crippen molar-refractivity contribution in [3.05, 3.63) is 24.3 Å². The quantitative estimate of drug-likeness (QED) is 0.570. The zero-order valence-electron chi connectivity index (χ0n) is 5.93. The Balaban J connectivity index is 3.36. The number of hydrogen-bond acceptors (Lipinski definition) is 1. The molecule has 0 aromatic heterocycles. The molecule has 0 fully saturated rings. The minimum atomic E-state index is 0.280. The summed E-state index contributed by atoms with van der Waals surface area (Å²) in [5.41, 5.74) is 1.28. The average Bonchev–Trinajstić information content (AvgIpc) is 1.85. The van der Waals surface area contributed by atoms with E-state index in [2.05, 4.69) is 6.58 Å². The van der Waals surface area contributed by atoms with E-state index < -0.39 is 0 Å². The molecule has 52 valence electrons. The molecule has 0 aromatic carbocycles. The standard InChI is InChI=1S/C8H14O/c1-3-5-8(2)6-4-7-9/h3,5,9H,1,4,6-7H2,2H3. The molecule has 0 aliphatic carbocycles. The van der Waals surface area contributed by atoms with Crippen molar-refractivity contribution in [1.29, 1.82) is 0 Å². The molecule has 0 radical (unpaired) electrons. The van der Waals surface area contributed by atoms with Gasteiger partial charge in [0.25, 0.3) is 0 Å². The third-order valence-corrected chi connectivity index (χ3v) is 1.13. The smallest absolute Gasteiger partial charge is 0.0434 e. The van der Waals surface area contributed by atoms with E-state index in [4.69, 9.17) is 5.11 Å². The fourth-order valence-corrected chi connectivity index (χ4v) is 0.642. The number of aliphatic hydroxyl groups excluding tert-OH is 1. The third kappa shape index (κ3) is 5.31. The van der Waals surface area contributed by atoms with Crippen LogP contribution in [-0.2, 0) is 0 Å². The number of hydrogen-bond donors (Lipinski definition) is 1. The third-order valence-electron chi connectivity index (χ3n) is 1.13. The summed E-state index contributed by atoms with van der Waals surface area (Å²) in [6, 6.07) is 0. The predicted molar refractivity (Wildman–Crippen MR) is 40.3 cm³/mol. The predicted octanol–water partition coefficient (Wildman–Crippen LogP) is 1.89. The monoisotopic (exact) mass is 126 g/mol. The summed E-state index contributed by atoms with van der Waals surface area (Å²) < 4.78 is 0. The van der Waals surface area contributed by atoms with Crippen molar-refractivity contribution in [3.63, 3.8) is 0 Å². The molecule has 0 saturated carbocycles. The van der Waals surface area contributed by atoms with Crippen LogP contribution in [0.3, 0.4) is 0 Å². The summed E-state index contributed by atoms with van der Waals surface area (Å²) in [6.07, 6.45) is 5.57. The van der Waals surface area contributed by atoms with E-state index in [1.165, 1.54) is 5.57 Å². The van der Waals surface area contributed by atoms with Crippen LogP contribution in [0.4, 0.5) is 0 Å². The number of allylic oxidation sites excluding steroid dienone is 3. The molecule has 9 heavy (non-hydrogen) atoms. The molecule has 0 rings (SSSR count). The fraction of sp³-hybridized carbons (Fsp3) is 0.500. The molecule has 0 saturated heterocycles. The minimum Gasteiger partial charge on any atom is -0.396 e. The summed E-state index contributed by atoms with van der Waals surface area (Å²) >= 11 is 0. The molecule has 0 unspecified atom stereocenters. The first-order chi connectivity index (χ1) is 4.31. The second-order valence-corrected chi connectivity index (χ2v) is 2.08. The van der Waals surface area contributed by atoms with Crippen LogP contribution in [0.25, 0.3) is 0 Å². The van der Waals surface area contributed by atoms with Crippen LogP contribution in [0.1, 0.15) is 19.8 Å². The summed E-state index contributed by atoms with van der Waals surface area (Å²) in [7, 11) is 0. The molecular weight excluding hydrogens is 112 g/mol. The van der Waals surface area contributed by atoms with Crippen molar-refractivity contribution >= 4 is 0 Å². The molecule has 0 bridgehead atoms. The second kappa shape index (κ2) is 5.57. The maximum Gasteiger partial charge on any atom is 0.0434 e. The van der Waals surface area contributed by atoms with Crippen molar-refractivity contribution in [3.8, 4) is 0 Å². The molecule has 0 aliphatic rings. The SMILES string of the molecule is C=CC=C(C)CCCO. The largest absolute Gasteiger partial charge is 0.396 e. The zero-order chi connectivity index (χ0) is 7.11. The van der Waals surface area contributed by atoms with E-state index in [0.29, 0.717) is 0 Å². The maximum absolute atomic E-state index is 8.43. The van der Waals surface area contributed by atoms with E-state index in [9.17, 15) is 0 Å². The van der Waals surface area contributed by atoms with Gasteiger partial charge in [-0.25, -0.2) is 0 Å². The molecule has 1 heteroatoms. The zero-order valence-corrected chi connectivity index (χ0v) is 5.93. The lowest BCUT2D eigenvalue weighted by Crippen LogP contribution is -1.82. The van der Waals surface area contributed by atoms with E-state index in [1.54, 1.807) is 6.08 Å². The van der Waals surface area contributed by atoms with Crippen LogP contribution in [0.2, 0.25) is 0 Å². The fourth-order valence-electron chi connectivity index (χ4n) is 0.642. The van der Waals surface area contributed by atoms with E-state index in [0.717, 1.165) is 12.8 Å². The highest BCUT2D eigenvalue weighted by molar-refractivity contribution is 5.07. The van der Waals surface area contributed by atoms with E-state index in [1.807, 2.05) is 13.0 Å². The van der Waals surface area contributed by atoms with Gasteiger partial charge in [-0.3, -0.25) is 0 Å². The van der Waals surface area contributed by atoms with Gasteiger partial charge in [0, 0.05) is 6.61 Å². The Hall–Kier alpha value is -0.560. The van der Waals surface area contributed by atoms with Crippen LogP contribution in [0.15, 0.2) is 24.3 Å². The van der Waals surface area contributed by atoms with Crippen LogP contribution < -0.4 is 0 Å². The molecular formula is C8H14O. The number of aliphatic hydroxyl groups is 1. The van der Waals surface area contributed by atoms with Crippen LogP contribution >= 0.6 is 0 Å². The van der Waals surface area contributed by atoms with Gasteiger partial charge in [0.05, 0.1) is 0 Å². The van der Waals surface area contributed by atoms with Gasteiger partial charge in [-0.05, 0) is 19.8 Å². The Labute approximate surface area is 56.7 Å². The molecule has 0 aliphatic heterocycles. The Morgan fingerprint density at radius 1 is 1.67 bits per heavy atom. The van der Waals surface area contributed by atoms with Gasteiger partial charge in [0.15, 0.2) is 0 Å². The summed E-state index contributed by atoms with van der Waals surface area (Å²) in [5, 5.41) is 8.43. The highest BCUT2D eigenvalue weighted by atomic mass is 16.2. The summed E-state index contributed by atoms with van der Waals surface area (Å²) in [4.78, 5) is 0. The summed E-state index contributed by atoms with van der Waals surface area (Å²) in [5.74, 6) is 0. The van der Waals surface area contributed by atoms with Crippen molar-refractivity contribution in [1.82, 2.24) is 0 Å². The molecule has 0 spiro atoms. The van der Waals surface area contributed by atoms with Gasteiger partial charge in [-0.2, -0.15) is 0 Å². The number of rotatable bonds is 4. The Morgan fingerprint density at radius 3 is 2.78 bits per heavy atom. The molecule has 0 amide bonds. The lowest BCUT2D eigenvalue weighted by molar-refractivity contribution is 0.288. The Kier molecular flexibility index (Phi) is 5.23. The topological polar surface area (TPSA) is 20.2 Å². The first kappa shape index (κ1) is 8.44. The summed E-state index contributed by atoms with van der Waals surface area (Å²) in [6.45, 7) is 5.89. The van der Waals surface area contributed by atoms with Crippen molar-refractivity contribution < 1.29 is 5.11 Å². The van der Waals surface area contributed by atoms with Crippen molar-refractivity contribution in [2.45, 2.75) is 19.8 Å². The van der Waals surface area contributed by atoms with Crippen LogP contribution in [-0.4, -0.2) is 11.7 Å². The van der Waals surface area contributed by atoms with Crippen molar-refractivity contribution in [2.75, 3.05) is 6.61 Å². The molecule has 1 nitrogen and oxygen atoms in total. The first-order valence-electron chi connectivity index (χ1n) is 3.20. The first-order valence-corrected chi connectivity index (χ1v) is 3.20. The van der Waals surface area contributed by atoms with Gasteiger partial charge >= 0.3 is 0 Å². The van der Waals surface area contributed by atoms with Crippen molar-refractivity contribution in [2.24, 2.45) is 0 Å². The highest BCUT2D eigenvalue weighted by Crippen LogP contribution is 2.01. The van der Waals surface area contributed by atoms with Gasteiger partial charge in [0.1, 0.15) is 0 Å². The molecule has 0 heterocycles. The van der Waals surface area contributed by atoms with Gasteiger partial charge in [0.2, 0.25) is 0 Å². The average molecular weight is 126 g/mol. The maximum atomic E-state index is 8.43. The lowest BCUT2D eigenvalue weighted by atomic mass is 10.1. The highest BCUT2D eigenvalue weighted by Gasteiger charge is 1.85. The van der Waals surface area contributed by atoms with E-state index in [-0.39, 0.29) is 6.61 Å². The van der Waals surface area contributed by atoms with Crippen LogP contribution in [0.5, 0.6) is 0 Å². The molecule has 0 atom stereocenters. The van der Waals surface area contributed by atoms with Crippen LogP contribution in [0, 0.1) is 0 Å². The van der Waals surface area contributed by atoms with Gasteiger partial charge in [-0.15, -0.1) is 0 Å². The molecule has 1 N–H and O–H groups in total. The normalized spacial score (nSPS) is 11.6.